The van der Waals surface area contributed by atoms with Crippen LogP contribution in [0.4, 0.5) is 6.01 Å². The molecule has 4 rings (SSSR count). The Bertz CT molecular complexity index is 1300. The van der Waals surface area contributed by atoms with E-state index in [4.69, 9.17) is 4.42 Å². The van der Waals surface area contributed by atoms with Gasteiger partial charge in [0, 0.05) is 36.1 Å². The minimum absolute atomic E-state index is 0.0458. The monoisotopic (exact) mass is 622 g/mol. The van der Waals surface area contributed by atoms with Crippen LogP contribution in [0.25, 0.3) is 11.1 Å². The summed E-state index contributed by atoms with van der Waals surface area (Å²) < 4.78 is 6.35. The molecule has 1 aliphatic rings. The number of hydrogen-bond acceptors (Lipinski definition) is 10. The number of thiol groups is 2. The first-order chi connectivity index (χ1) is 18.4. The molecule has 0 aliphatic carbocycles. The van der Waals surface area contributed by atoms with Crippen molar-refractivity contribution in [3.05, 3.63) is 58.1 Å². The van der Waals surface area contributed by atoms with E-state index in [1.165, 1.54) is 0 Å². The van der Waals surface area contributed by atoms with E-state index >= 15 is 0 Å². The number of carbonyl (C=O) groups excluding carboxylic acids is 2. The van der Waals surface area contributed by atoms with E-state index < -0.39 is 17.9 Å². The number of carbonyl (C=O) groups is 3. The van der Waals surface area contributed by atoms with Gasteiger partial charge in [-0.15, -0.1) is 23.3 Å². The lowest BCUT2D eigenvalue weighted by atomic mass is 10.1. The highest BCUT2D eigenvalue weighted by Crippen LogP contribution is 2.23. The Kier molecular flexibility index (Phi) is 11.3. The number of carboxylic acid groups (broad SMARTS) is 1. The average Bonchev–Trinajstić information content (AvgIpc) is 3.33. The van der Waals surface area contributed by atoms with Gasteiger partial charge in [-0.3, -0.25) is 19.9 Å². The summed E-state index contributed by atoms with van der Waals surface area (Å²) in [4.78, 5) is 44.8. The van der Waals surface area contributed by atoms with Crippen molar-refractivity contribution < 1.29 is 23.9 Å². The largest absolute Gasteiger partial charge is 0.480 e. The van der Waals surface area contributed by atoms with Gasteiger partial charge in [-0.2, -0.15) is 4.98 Å². The first-order valence-corrected chi connectivity index (χ1v) is 14.0. The van der Waals surface area contributed by atoms with E-state index in [2.05, 4.69) is 70.5 Å². The highest BCUT2D eigenvalue weighted by Gasteiger charge is 2.21. The van der Waals surface area contributed by atoms with Crippen molar-refractivity contribution in [1.82, 2.24) is 20.9 Å². The molecule has 2 heterocycles. The van der Waals surface area contributed by atoms with Gasteiger partial charge >= 0.3 is 5.97 Å². The van der Waals surface area contributed by atoms with Gasteiger partial charge in [0.15, 0.2) is 11.5 Å². The molecule has 11 nitrogen and oxygen atoms in total. The summed E-state index contributed by atoms with van der Waals surface area (Å²) in [6.45, 7) is 1.31. The van der Waals surface area contributed by atoms with Crippen molar-refractivity contribution in [3.8, 4) is 0 Å². The Labute approximate surface area is 237 Å². The summed E-state index contributed by atoms with van der Waals surface area (Å²) in [5, 5.41) is 20.7. The molecule has 1 aromatic heterocycles. The Hall–Kier alpha value is -3.23. The summed E-state index contributed by atoms with van der Waals surface area (Å²) in [7, 11) is 0. The van der Waals surface area contributed by atoms with E-state index in [0.29, 0.717) is 35.6 Å². The van der Waals surface area contributed by atoms with Crippen LogP contribution in [0.3, 0.4) is 0 Å². The third-order valence-corrected chi connectivity index (χ3v) is 5.92. The van der Waals surface area contributed by atoms with Gasteiger partial charge in [-0.05, 0) is 48.7 Å². The molecule has 14 heteroatoms. The molecule has 1 atom stereocenters. The van der Waals surface area contributed by atoms with Gasteiger partial charge in [0.1, 0.15) is 11.6 Å². The first kappa shape index (κ1) is 29.3. The zero-order valence-electron chi connectivity index (χ0n) is 20.1. The lowest BCUT2D eigenvalue weighted by Crippen LogP contribution is -2.43. The Morgan fingerprint density at radius 2 is 1.92 bits per heavy atom. The second kappa shape index (κ2) is 14.6. The van der Waals surface area contributed by atoms with Crippen LogP contribution in [0.15, 0.2) is 56.3 Å². The quantitative estimate of drug-likeness (QED) is 0.142. The second-order valence-corrected chi connectivity index (χ2v) is 9.05. The van der Waals surface area contributed by atoms with Crippen molar-refractivity contribution >= 4 is 80.1 Å². The maximum atomic E-state index is 12.5. The summed E-state index contributed by atoms with van der Waals surface area (Å²) in [6, 6.07) is 11.0. The van der Waals surface area contributed by atoms with E-state index in [-0.39, 0.29) is 24.9 Å². The number of nitrogens with zero attached hydrogens (tertiary/aromatic N) is 2. The molecule has 0 saturated heterocycles. The second-order valence-electron chi connectivity index (χ2n) is 8.13. The number of hydrogen-bond donors (Lipinski definition) is 7. The summed E-state index contributed by atoms with van der Waals surface area (Å²) in [5.41, 5.74) is 2.34. The molecule has 0 saturated carbocycles. The topological polar surface area (TPSA) is 158 Å². The minimum atomic E-state index is -1.17. The molecule has 0 fully saturated rings. The zero-order valence-corrected chi connectivity index (χ0v) is 23.5. The molecule has 2 amide bonds. The third kappa shape index (κ3) is 8.67. The maximum absolute atomic E-state index is 12.5. The van der Waals surface area contributed by atoms with Crippen LogP contribution in [-0.4, -0.2) is 59.5 Å². The van der Waals surface area contributed by atoms with E-state index in [0.717, 1.165) is 23.0 Å². The number of fused-ring (bicyclic) bond motifs is 1. The number of nitrogens with one attached hydrogen (secondary N) is 4. The lowest BCUT2D eigenvalue weighted by molar-refractivity contribution is -0.137. The number of guanidine groups is 1. The number of oxazole rings is 1. The van der Waals surface area contributed by atoms with Gasteiger partial charge in [-0.25, -0.2) is 4.79 Å². The molecule has 5 N–H and O–H groups in total. The van der Waals surface area contributed by atoms with Crippen molar-refractivity contribution in [2.24, 2.45) is 4.99 Å². The standard InChI is InChI=1S/C24H25BrN6O5.H2S2/c25-16-7-8-19-17(12-16)29-24(36-19)30-18(22(34)35)13-28-21(33)15-5-2-14(3-6-15)4-9-20(32)31-23-26-10-1-11-27-23;1-2/h2-3,5-8,12,18H,1,4,9-11,13H2,(H,28,33)(H,29,30)(H,34,35)(H2,26,27,31,32);1-2H. The number of anilines is 1. The SMILES string of the molecule is O=C(CCc1ccc(C(=O)NCC(Nc2nc3cc(Br)ccc3o2)C(=O)O)cc1)NC1=NCCCN1.SS. The fourth-order valence-corrected chi connectivity index (χ4v) is 3.85. The molecule has 0 radical (unpaired) electrons. The predicted octanol–water partition coefficient (Wildman–Crippen LogP) is 3.04. The normalized spacial score (nSPS) is 13.3. The molecular weight excluding hydrogens is 596 g/mol. The molecule has 0 bridgehead atoms. The molecular formula is C24H27BrN6O5S2. The molecule has 1 unspecified atom stereocenters. The minimum Gasteiger partial charge on any atom is -0.480 e. The number of carboxylic acids is 1. The third-order valence-electron chi connectivity index (χ3n) is 5.42. The van der Waals surface area contributed by atoms with Gasteiger partial charge < -0.3 is 25.5 Å². The number of halogens is 1. The van der Waals surface area contributed by atoms with Crippen LogP contribution in [-0.2, 0) is 16.0 Å². The average molecular weight is 624 g/mol. The van der Waals surface area contributed by atoms with Crippen molar-refractivity contribution in [2.45, 2.75) is 25.3 Å². The number of amides is 2. The lowest BCUT2D eigenvalue weighted by Gasteiger charge is -2.15. The number of aliphatic imine (C=N–C) groups is 1. The summed E-state index contributed by atoms with van der Waals surface area (Å²) in [6.07, 6.45) is 1.74. The molecule has 2 aromatic carbocycles. The molecule has 1 aliphatic heterocycles. The smallest absolute Gasteiger partial charge is 0.328 e. The van der Waals surface area contributed by atoms with Crippen molar-refractivity contribution in [2.75, 3.05) is 25.0 Å². The summed E-state index contributed by atoms with van der Waals surface area (Å²) >= 11 is 9.79. The van der Waals surface area contributed by atoms with E-state index in [9.17, 15) is 19.5 Å². The fraction of sp³-hybridized carbons (Fsp3) is 0.292. The first-order valence-electron chi connectivity index (χ1n) is 11.6. The number of aryl methyl sites for hydroxylation is 1. The van der Waals surface area contributed by atoms with E-state index in [1.807, 2.05) is 0 Å². The van der Waals surface area contributed by atoms with Crippen LogP contribution in [0.1, 0.15) is 28.8 Å². The van der Waals surface area contributed by atoms with Crippen molar-refractivity contribution in [1.29, 1.82) is 0 Å². The van der Waals surface area contributed by atoms with Crippen molar-refractivity contribution in [3.63, 3.8) is 0 Å². The van der Waals surface area contributed by atoms with E-state index in [1.54, 1.807) is 42.5 Å². The highest BCUT2D eigenvalue weighted by atomic mass is 79.9. The Morgan fingerprint density at radius 1 is 1.16 bits per heavy atom. The maximum Gasteiger partial charge on any atom is 0.328 e. The number of aromatic nitrogens is 1. The van der Waals surface area contributed by atoms with Crippen LogP contribution >= 0.6 is 39.3 Å². The van der Waals surface area contributed by atoms with Crippen LogP contribution < -0.4 is 21.3 Å². The van der Waals surface area contributed by atoms with Gasteiger partial charge in [-0.1, -0.05) is 28.1 Å². The molecule has 202 valence electrons. The molecule has 38 heavy (non-hydrogen) atoms. The van der Waals surface area contributed by atoms with Crippen LogP contribution in [0, 0.1) is 0 Å². The Morgan fingerprint density at radius 3 is 2.61 bits per heavy atom. The van der Waals surface area contributed by atoms with Crippen LogP contribution in [0.2, 0.25) is 0 Å². The van der Waals surface area contributed by atoms with Gasteiger partial charge in [0.25, 0.3) is 11.9 Å². The molecule has 0 spiro atoms. The number of benzene rings is 2. The Balaban J connectivity index is 0.00000195. The van der Waals surface area contributed by atoms with Gasteiger partial charge in [0.05, 0.1) is 0 Å². The highest BCUT2D eigenvalue weighted by molar-refractivity contribution is 9.10. The number of aliphatic carboxylic acids is 1. The zero-order chi connectivity index (χ0) is 27.5. The van der Waals surface area contributed by atoms with Gasteiger partial charge in [0.2, 0.25) is 5.91 Å². The number of rotatable bonds is 9. The summed E-state index contributed by atoms with van der Waals surface area (Å²) in [5.74, 6) is -1.21. The molecule has 3 aromatic rings. The van der Waals surface area contributed by atoms with Crippen LogP contribution in [0.5, 0.6) is 0 Å². The fourth-order valence-electron chi connectivity index (χ4n) is 3.50. The predicted molar refractivity (Wildman–Crippen MR) is 155 cm³/mol.